The normalized spacial score (nSPS) is 10.0. The Labute approximate surface area is 94.8 Å². The monoisotopic (exact) mass is 226 g/mol. The minimum Gasteiger partial charge on any atom is -0.355 e. The van der Waals surface area contributed by atoms with Gasteiger partial charge in [-0.1, -0.05) is 29.8 Å². The van der Waals surface area contributed by atoms with Gasteiger partial charge in [0.1, 0.15) is 0 Å². The number of hydrogen-bond acceptors (Lipinski definition) is 2. The van der Waals surface area contributed by atoms with Crippen molar-refractivity contribution in [2.75, 3.05) is 20.1 Å². The third kappa shape index (κ3) is 4.32. The van der Waals surface area contributed by atoms with Crippen molar-refractivity contribution in [3.63, 3.8) is 0 Å². The minimum absolute atomic E-state index is 0.00422. The van der Waals surface area contributed by atoms with E-state index in [1.54, 1.807) is 7.05 Å². The predicted octanol–water partition coefficient (Wildman–Crippen LogP) is 1.22. The molecule has 3 nitrogen and oxygen atoms in total. The van der Waals surface area contributed by atoms with Crippen LogP contribution in [0.15, 0.2) is 24.3 Å². The van der Waals surface area contributed by atoms with Crippen molar-refractivity contribution >= 4 is 17.5 Å². The van der Waals surface area contributed by atoms with Crippen LogP contribution in [0.1, 0.15) is 5.56 Å². The first-order valence-corrected chi connectivity index (χ1v) is 5.26. The molecule has 2 N–H and O–H groups in total. The van der Waals surface area contributed by atoms with Gasteiger partial charge < -0.3 is 10.6 Å². The summed E-state index contributed by atoms with van der Waals surface area (Å²) in [7, 11) is 1.74. The molecule has 0 bridgehead atoms. The molecule has 0 aliphatic heterocycles. The summed E-state index contributed by atoms with van der Waals surface area (Å²) in [4.78, 5) is 11.1. The van der Waals surface area contributed by atoms with E-state index in [1.807, 2.05) is 24.3 Å². The standard InChI is InChI=1S/C11H15ClN2O/c1-13-8-11(15)14-7-6-9-4-2-3-5-10(9)12/h2-5,13H,6-8H2,1H3,(H,14,15). The minimum atomic E-state index is 0.00422. The molecule has 1 amide bonds. The molecule has 0 atom stereocenters. The molecule has 0 saturated carbocycles. The number of likely N-dealkylation sites (N-methyl/N-ethyl adjacent to an activating group) is 1. The zero-order chi connectivity index (χ0) is 11.1. The van der Waals surface area contributed by atoms with Crippen LogP contribution >= 0.6 is 11.6 Å². The fraction of sp³-hybridized carbons (Fsp3) is 0.364. The molecule has 0 aliphatic rings. The van der Waals surface area contributed by atoms with E-state index >= 15 is 0 Å². The smallest absolute Gasteiger partial charge is 0.233 e. The second kappa shape index (κ2) is 6.43. The van der Waals surface area contributed by atoms with Gasteiger partial charge in [0.25, 0.3) is 0 Å². The lowest BCUT2D eigenvalue weighted by Crippen LogP contribution is -2.33. The lowest BCUT2D eigenvalue weighted by atomic mass is 10.1. The summed E-state index contributed by atoms with van der Waals surface area (Å²) in [5.41, 5.74) is 1.06. The number of hydrogen-bond donors (Lipinski definition) is 2. The third-order valence-corrected chi connectivity index (χ3v) is 2.38. The molecule has 4 heteroatoms. The van der Waals surface area contributed by atoms with Crippen molar-refractivity contribution in [1.29, 1.82) is 0 Å². The van der Waals surface area contributed by atoms with Gasteiger partial charge in [0.15, 0.2) is 0 Å². The Kier molecular flexibility index (Phi) is 5.15. The SMILES string of the molecule is CNCC(=O)NCCc1ccccc1Cl. The fourth-order valence-electron chi connectivity index (χ4n) is 1.26. The van der Waals surface area contributed by atoms with Crippen LogP contribution in [0.3, 0.4) is 0 Å². The van der Waals surface area contributed by atoms with E-state index in [0.717, 1.165) is 17.0 Å². The van der Waals surface area contributed by atoms with E-state index in [1.165, 1.54) is 0 Å². The Bertz CT molecular complexity index is 328. The van der Waals surface area contributed by atoms with Crippen LogP contribution < -0.4 is 10.6 Å². The van der Waals surface area contributed by atoms with Gasteiger partial charge in [-0.05, 0) is 25.1 Å². The summed E-state index contributed by atoms with van der Waals surface area (Å²) < 4.78 is 0. The second-order valence-electron chi connectivity index (χ2n) is 3.22. The second-order valence-corrected chi connectivity index (χ2v) is 3.63. The highest BCUT2D eigenvalue weighted by Gasteiger charge is 2.00. The maximum Gasteiger partial charge on any atom is 0.233 e. The van der Waals surface area contributed by atoms with E-state index < -0.39 is 0 Å². The molecular formula is C11H15ClN2O. The molecule has 0 fully saturated rings. The van der Waals surface area contributed by atoms with Crippen LogP contribution in [0.25, 0.3) is 0 Å². The van der Waals surface area contributed by atoms with Gasteiger partial charge in [0.2, 0.25) is 5.91 Å². The average molecular weight is 227 g/mol. The Morgan fingerprint density at radius 2 is 2.13 bits per heavy atom. The number of amides is 1. The Balaban J connectivity index is 2.32. The number of carbonyl (C=O) groups excluding carboxylic acids is 1. The van der Waals surface area contributed by atoms with Gasteiger partial charge in [0, 0.05) is 11.6 Å². The Morgan fingerprint density at radius 1 is 1.40 bits per heavy atom. The molecule has 1 aromatic rings. The molecule has 0 aliphatic carbocycles. The molecular weight excluding hydrogens is 212 g/mol. The van der Waals surface area contributed by atoms with Gasteiger partial charge >= 0.3 is 0 Å². The summed E-state index contributed by atoms with van der Waals surface area (Å²) >= 11 is 5.98. The van der Waals surface area contributed by atoms with E-state index in [2.05, 4.69) is 10.6 Å². The van der Waals surface area contributed by atoms with Crippen LogP contribution in [0.5, 0.6) is 0 Å². The summed E-state index contributed by atoms with van der Waals surface area (Å²) in [6.45, 7) is 0.965. The molecule has 15 heavy (non-hydrogen) atoms. The van der Waals surface area contributed by atoms with Gasteiger partial charge in [-0.15, -0.1) is 0 Å². The van der Waals surface area contributed by atoms with Crippen molar-refractivity contribution < 1.29 is 4.79 Å². The molecule has 0 radical (unpaired) electrons. The number of benzene rings is 1. The highest BCUT2D eigenvalue weighted by molar-refractivity contribution is 6.31. The zero-order valence-corrected chi connectivity index (χ0v) is 9.47. The van der Waals surface area contributed by atoms with Gasteiger partial charge in [-0.25, -0.2) is 0 Å². The number of rotatable bonds is 5. The van der Waals surface area contributed by atoms with Crippen molar-refractivity contribution in [3.05, 3.63) is 34.9 Å². The molecule has 82 valence electrons. The highest BCUT2D eigenvalue weighted by atomic mass is 35.5. The van der Waals surface area contributed by atoms with E-state index in [-0.39, 0.29) is 5.91 Å². The summed E-state index contributed by atoms with van der Waals surface area (Å²) in [6, 6.07) is 7.65. The molecule has 0 saturated heterocycles. The zero-order valence-electron chi connectivity index (χ0n) is 8.72. The van der Waals surface area contributed by atoms with Crippen LogP contribution in [-0.4, -0.2) is 26.0 Å². The molecule has 0 aromatic heterocycles. The largest absolute Gasteiger partial charge is 0.355 e. The summed E-state index contributed by atoms with van der Waals surface area (Å²) in [6.07, 6.45) is 0.759. The number of carbonyl (C=O) groups is 1. The Morgan fingerprint density at radius 3 is 2.80 bits per heavy atom. The highest BCUT2D eigenvalue weighted by Crippen LogP contribution is 2.14. The average Bonchev–Trinajstić information content (AvgIpc) is 2.21. The summed E-state index contributed by atoms with van der Waals surface area (Å²) in [5, 5.41) is 6.34. The molecule has 0 unspecified atom stereocenters. The van der Waals surface area contributed by atoms with Crippen molar-refractivity contribution in [1.82, 2.24) is 10.6 Å². The molecule has 1 rings (SSSR count). The maximum atomic E-state index is 11.1. The topological polar surface area (TPSA) is 41.1 Å². The lowest BCUT2D eigenvalue weighted by Gasteiger charge is -2.06. The molecule has 0 heterocycles. The van der Waals surface area contributed by atoms with Crippen LogP contribution in [-0.2, 0) is 11.2 Å². The first-order valence-electron chi connectivity index (χ1n) is 4.88. The Hall–Kier alpha value is -1.06. The fourth-order valence-corrected chi connectivity index (χ4v) is 1.49. The van der Waals surface area contributed by atoms with E-state index in [4.69, 9.17) is 11.6 Å². The van der Waals surface area contributed by atoms with E-state index in [0.29, 0.717) is 13.1 Å². The first kappa shape index (κ1) is 12.0. The summed E-state index contributed by atoms with van der Waals surface area (Å²) in [5.74, 6) is 0.00422. The number of nitrogens with one attached hydrogen (secondary N) is 2. The van der Waals surface area contributed by atoms with Gasteiger partial charge in [0.05, 0.1) is 6.54 Å². The molecule has 0 spiro atoms. The van der Waals surface area contributed by atoms with Crippen LogP contribution in [0.2, 0.25) is 5.02 Å². The quantitative estimate of drug-likeness (QED) is 0.793. The third-order valence-electron chi connectivity index (χ3n) is 2.01. The first-order chi connectivity index (χ1) is 7.24. The van der Waals surface area contributed by atoms with Gasteiger partial charge in [-0.2, -0.15) is 0 Å². The van der Waals surface area contributed by atoms with Crippen LogP contribution in [0, 0.1) is 0 Å². The van der Waals surface area contributed by atoms with Crippen molar-refractivity contribution in [2.45, 2.75) is 6.42 Å². The van der Waals surface area contributed by atoms with Crippen LogP contribution in [0.4, 0.5) is 0 Å². The predicted molar refractivity (Wildman–Crippen MR) is 62.1 cm³/mol. The van der Waals surface area contributed by atoms with Gasteiger partial charge in [-0.3, -0.25) is 4.79 Å². The van der Waals surface area contributed by atoms with E-state index in [9.17, 15) is 4.79 Å². The lowest BCUT2D eigenvalue weighted by molar-refractivity contribution is -0.120. The van der Waals surface area contributed by atoms with Crippen molar-refractivity contribution in [2.24, 2.45) is 0 Å². The van der Waals surface area contributed by atoms with Crippen molar-refractivity contribution in [3.8, 4) is 0 Å². The number of halogens is 1. The maximum absolute atomic E-state index is 11.1. The molecule has 1 aromatic carbocycles.